The minimum absolute atomic E-state index is 0. The molecule has 0 atom stereocenters. The van der Waals surface area contributed by atoms with E-state index in [0.717, 1.165) is 0 Å². The average Bonchev–Trinajstić information content (AvgIpc) is 0. The van der Waals surface area contributed by atoms with Gasteiger partial charge in [0, 0.05) is 0 Å². The quantitative estimate of drug-likeness (QED) is 0.386. The molecule has 0 aromatic rings. The molecule has 1 nitrogen and oxygen atoms in total. The minimum Gasteiger partial charge on any atom is -0.0149 e. The molecule has 32 valence electrons. The molecule has 4 heavy (non-hydrogen) atoms. The third kappa shape index (κ3) is 15.5. The van der Waals surface area contributed by atoms with Gasteiger partial charge < -0.3 is 6.15 Å². The van der Waals surface area contributed by atoms with E-state index in [0.29, 0.717) is 0 Å². The fourth-order valence-corrected chi connectivity index (χ4v) is 0. The van der Waals surface area contributed by atoms with Crippen molar-refractivity contribution in [3.63, 3.8) is 0 Å². The van der Waals surface area contributed by atoms with Crippen LogP contribution in [0, 0.1) is 0 Å². The van der Waals surface area contributed by atoms with Crippen LogP contribution < -0.4 is 6.15 Å². The van der Waals surface area contributed by atoms with E-state index < -0.39 is 0 Å². The number of hydrogen-bond donors (Lipinski definition) is 1. The van der Waals surface area contributed by atoms with E-state index >= 15 is 0 Å². The van der Waals surface area contributed by atoms with Gasteiger partial charge in [-0.3, -0.25) is 0 Å². The Morgan fingerprint density at radius 3 is 1.00 bits per heavy atom. The van der Waals surface area contributed by atoms with Gasteiger partial charge in [0.1, 0.15) is 0 Å². The van der Waals surface area contributed by atoms with E-state index in [1.807, 2.05) is 0 Å². The van der Waals surface area contributed by atoms with Crippen LogP contribution in [-0.4, -0.2) is 28.6 Å². The first-order valence-electron chi connectivity index (χ1n) is 0. The molecule has 0 saturated carbocycles. The molecule has 0 bridgehead atoms. The van der Waals surface area contributed by atoms with Crippen LogP contribution >= 0.6 is 0 Å². The summed E-state index contributed by atoms with van der Waals surface area (Å²) in [5, 5.41) is 0. The van der Waals surface area contributed by atoms with E-state index in [4.69, 9.17) is 0 Å². The molecule has 0 rings (SSSR count). The van der Waals surface area contributed by atoms with E-state index in [2.05, 4.69) is 0 Å². The molecule has 0 saturated heterocycles. The van der Waals surface area contributed by atoms with Gasteiger partial charge in [-0.2, -0.15) is 0 Å². The maximum Gasteiger partial charge on any atom is -0.0149 e. The zero-order chi connectivity index (χ0) is 0. The predicted octanol–water partition coefficient (Wildman–Crippen LogP) is -2.11. The summed E-state index contributed by atoms with van der Waals surface area (Å²) in [5.74, 6) is 0. The Hall–Kier alpha value is 0.720. The van der Waals surface area contributed by atoms with Crippen molar-refractivity contribution >= 4 is 28.6 Å². The van der Waals surface area contributed by atoms with E-state index in [1.165, 1.54) is 0 Å². The summed E-state index contributed by atoms with van der Waals surface area (Å²) in [6, 6.07) is 0. The molecule has 0 radical (unpaired) electrons. The van der Waals surface area contributed by atoms with Crippen molar-refractivity contribution in [2.45, 2.75) is 7.43 Å². The smallest absolute Gasteiger partial charge is 0.0149 e. The van der Waals surface area contributed by atoms with Crippen LogP contribution in [0.1, 0.15) is 7.43 Å². The molecule has 0 unspecified atom stereocenters. The first-order valence-corrected chi connectivity index (χ1v) is 0. The van der Waals surface area contributed by atoms with Crippen LogP contribution in [0.3, 0.4) is 0 Å². The van der Waals surface area contributed by atoms with E-state index in [9.17, 15) is 0 Å². The van der Waals surface area contributed by atoms with E-state index in [1.54, 1.807) is 0 Å². The van der Waals surface area contributed by atoms with Gasteiger partial charge in [-0.1, -0.05) is 7.43 Å². The molecule has 0 aliphatic carbocycles. The molecule has 3 N–H and O–H groups in total. The second kappa shape index (κ2) is 53.1. The largest absolute Gasteiger partial charge is 0.0149 e. The second-order valence-corrected chi connectivity index (χ2v) is 0. The second-order valence-electron chi connectivity index (χ2n) is 0. The number of rotatable bonds is 0. The molecule has 0 amide bonds. The van der Waals surface area contributed by atoms with Gasteiger partial charge in [-0.05, 0) is 11.0 Å². The normalized spacial score (nSPS) is 0. The van der Waals surface area contributed by atoms with Crippen molar-refractivity contribution in [2.75, 3.05) is 0 Å². The zero-order valence-electron chi connectivity index (χ0n) is 0.707. The van der Waals surface area contributed by atoms with Crippen LogP contribution in [0.2, 0.25) is 0 Å². The standard InChI is InChI=1S/CH4.GeH4.H3N.H4Si/h2*1H4;1H3;1H4. The van der Waals surface area contributed by atoms with Crippen molar-refractivity contribution in [1.82, 2.24) is 6.15 Å². The van der Waals surface area contributed by atoms with Crippen molar-refractivity contribution in [1.29, 1.82) is 0 Å². The maximum absolute atomic E-state index is 0. The molecule has 0 aromatic carbocycles. The van der Waals surface area contributed by atoms with Crippen LogP contribution in [0.15, 0.2) is 0 Å². The molecule has 0 heterocycles. The molecule has 0 aliphatic rings. The Labute approximate surface area is 42.7 Å². The minimum atomic E-state index is 0. The molecule has 0 spiro atoms. The topological polar surface area (TPSA) is 35.0 Å². The Morgan fingerprint density at radius 1 is 1.00 bits per heavy atom. The van der Waals surface area contributed by atoms with Crippen molar-refractivity contribution in [3.05, 3.63) is 0 Å². The Bertz CT molecular complexity index is 8.00. The van der Waals surface area contributed by atoms with Gasteiger partial charge in [0.25, 0.3) is 0 Å². The molecule has 0 aliphatic heterocycles. The Balaban J connectivity index is 0. The Kier molecular flexibility index (Phi) is 1670. The summed E-state index contributed by atoms with van der Waals surface area (Å²) in [6.07, 6.45) is 0. The van der Waals surface area contributed by atoms with Gasteiger partial charge >= 0.3 is 17.6 Å². The summed E-state index contributed by atoms with van der Waals surface area (Å²) in [5.41, 5.74) is 0. The van der Waals surface area contributed by atoms with Gasteiger partial charge in [-0.25, -0.2) is 0 Å². The maximum atomic E-state index is 0. The SMILES string of the molecule is C.N.[GeH4].[SiH4]. The fraction of sp³-hybridized carbons (Fsp3) is 1.00. The van der Waals surface area contributed by atoms with Crippen LogP contribution in [0.25, 0.3) is 0 Å². The van der Waals surface area contributed by atoms with Crippen LogP contribution in [0.5, 0.6) is 0 Å². The van der Waals surface area contributed by atoms with Crippen molar-refractivity contribution < 1.29 is 0 Å². The first kappa shape index (κ1) is 126. The summed E-state index contributed by atoms with van der Waals surface area (Å²) in [4.78, 5) is 0. The molecule has 0 aromatic heterocycles. The van der Waals surface area contributed by atoms with Crippen LogP contribution in [0.4, 0.5) is 0 Å². The van der Waals surface area contributed by atoms with Crippen molar-refractivity contribution in [3.8, 4) is 0 Å². The molecule has 3 heteroatoms. The van der Waals surface area contributed by atoms with Gasteiger partial charge in [0.2, 0.25) is 0 Å². The summed E-state index contributed by atoms with van der Waals surface area (Å²) in [7, 11) is 0. The summed E-state index contributed by atoms with van der Waals surface area (Å²) < 4.78 is 0. The molecular weight excluding hydrogens is 127 g/mol. The third-order valence-corrected chi connectivity index (χ3v) is 0. The summed E-state index contributed by atoms with van der Waals surface area (Å²) >= 11 is 0. The first-order chi connectivity index (χ1) is 0. The zero-order valence-corrected chi connectivity index (χ0v) is 0.707. The summed E-state index contributed by atoms with van der Waals surface area (Å²) in [6.45, 7) is 0. The fourth-order valence-electron chi connectivity index (χ4n) is 0. The van der Waals surface area contributed by atoms with Gasteiger partial charge in [0.05, 0.1) is 0 Å². The molecular formula is CH15GeNSi. The number of hydrogen-bond acceptors (Lipinski definition) is 1. The van der Waals surface area contributed by atoms with Gasteiger partial charge in [0.15, 0.2) is 0 Å². The van der Waals surface area contributed by atoms with Crippen LogP contribution in [-0.2, 0) is 0 Å². The predicted molar refractivity (Wildman–Crippen MR) is 34.4 cm³/mol. The molecule has 0 fully saturated rings. The monoisotopic (exact) mass is 143 g/mol. The third-order valence-electron chi connectivity index (χ3n) is 0. The van der Waals surface area contributed by atoms with Crippen molar-refractivity contribution in [2.24, 2.45) is 0 Å². The average molecular weight is 142 g/mol. The Morgan fingerprint density at radius 2 is 1.00 bits per heavy atom. The van der Waals surface area contributed by atoms with Gasteiger partial charge in [-0.15, -0.1) is 0 Å². The van der Waals surface area contributed by atoms with E-state index in [-0.39, 0.29) is 42.1 Å².